The molecule has 2 aromatic heterocycles. The van der Waals surface area contributed by atoms with Crippen LogP contribution in [0.25, 0.3) is 0 Å². The summed E-state index contributed by atoms with van der Waals surface area (Å²) in [6.45, 7) is 0. The molecule has 90 valence electrons. The van der Waals surface area contributed by atoms with Crippen molar-refractivity contribution in [1.29, 1.82) is 0 Å². The van der Waals surface area contributed by atoms with Crippen LogP contribution in [-0.4, -0.2) is 33.6 Å². The lowest BCUT2D eigenvalue weighted by atomic mass is 10.5. The summed E-state index contributed by atoms with van der Waals surface area (Å²) in [7, 11) is -2.52. The maximum atomic E-state index is 11.8. The second kappa shape index (κ2) is 3.97. The molecule has 0 bridgehead atoms. The van der Waals surface area contributed by atoms with Gasteiger partial charge >= 0.3 is 0 Å². The molecule has 0 atom stereocenters. The van der Waals surface area contributed by atoms with Gasteiger partial charge in [-0.25, -0.2) is 13.1 Å². The van der Waals surface area contributed by atoms with Crippen molar-refractivity contribution in [3.05, 3.63) is 28.7 Å². The molecule has 2 heterocycles. The number of aryl methyl sites for hydroxylation is 1. The van der Waals surface area contributed by atoms with Crippen molar-refractivity contribution in [2.24, 2.45) is 7.05 Å². The van der Waals surface area contributed by atoms with Crippen molar-refractivity contribution < 1.29 is 8.42 Å². The molecule has 2 N–H and O–H groups in total. The third-order valence-electron chi connectivity index (χ3n) is 1.81. The molecule has 0 spiro atoms. The summed E-state index contributed by atoms with van der Waals surface area (Å²) >= 11 is 0. The van der Waals surface area contributed by atoms with E-state index in [-0.39, 0.29) is 5.95 Å². The zero-order valence-electron chi connectivity index (χ0n) is 8.65. The number of H-pyrrole nitrogens is 1. The van der Waals surface area contributed by atoms with Gasteiger partial charge in [0.05, 0.1) is 7.05 Å². The number of sulfonamides is 1. The number of nitrogens with one attached hydrogen (secondary N) is 2. The Morgan fingerprint density at radius 1 is 1.47 bits per heavy atom. The summed E-state index contributed by atoms with van der Waals surface area (Å²) in [6, 6.07) is 1.11. The molecular weight excluding hydrogens is 248 g/mol. The maximum Gasteiger partial charge on any atom is 0.277 e. The number of rotatable bonds is 3. The van der Waals surface area contributed by atoms with E-state index in [2.05, 4.69) is 20.4 Å². The molecule has 0 saturated carbocycles. The average Bonchev–Trinajstić information content (AvgIpc) is 2.63. The highest BCUT2D eigenvalue weighted by Crippen LogP contribution is 2.06. The number of anilines is 1. The summed E-state index contributed by atoms with van der Waals surface area (Å²) in [5, 5.41) is 10.6. The lowest BCUT2D eigenvalue weighted by molar-refractivity contribution is 0.599. The van der Waals surface area contributed by atoms with E-state index in [1.165, 1.54) is 13.2 Å². The quantitative estimate of drug-likeness (QED) is 0.703. The zero-order chi connectivity index (χ0) is 12.5. The van der Waals surface area contributed by atoms with Crippen LogP contribution in [0.3, 0.4) is 0 Å². The fraction of sp³-hybridized carbons (Fsp3) is 0.143. The van der Waals surface area contributed by atoms with Crippen LogP contribution in [0.4, 0.5) is 5.95 Å². The molecule has 0 aliphatic heterocycles. The van der Waals surface area contributed by atoms with Crippen LogP contribution in [0, 0.1) is 0 Å². The predicted octanol–water partition coefficient (Wildman–Crippen LogP) is -1.30. The minimum absolute atomic E-state index is 0.198. The zero-order valence-corrected chi connectivity index (χ0v) is 9.47. The van der Waals surface area contributed by atoms with Crippen LogP contribution >= 0.6 is 0 Å². The van der Waals surface area contributed by atoms with Crippen LogP contribution < -0.4 is 10.2 Å². The molecule has 2 aromatic rings. The first-order valence-corrected chi connectivity index (χ1v) is 5.91. The first kappa shape index (κ1) is 11.3. The van der Waals surface area contributed by atoms with Crippen molar-refractivity contribution >= 4 is 16.0 Å². The van der Waals surface area contributed by atoms with E-state index in [9.17, 15) is 13.2 Å². The molecule has 0 aliphatic rings. The summed E-state index contributed by atoms with van der Waals surface area (Å²) in [5.41, 5.74) is -0.625. The molecule has 0 aromatic carbocycles. The summed E-state index contributed by atoms with van der Waals surface area (Å²) in [5.74, 6) is -0.198. The van der Waals surface area contributed by atoms with Crippen LogP contribution in [0.15, 0.2) is 28.2 Å². The van der Waals surface area contributed by atoms with Gasteiger partial charge in [-0.2, -0.15) is 4.80 Å². The van der Waals surface area contributed by atoms with Gasteiger partial charge in [0.25, 0.3) is 16.0 Å². The Bertz CT molecular complexity index is 687. The van der Waals surface area contributed by atoms with Crippen molar-refractivity contribution in [3.8, 4) is 0 Å². The third kappa shape index (κ3) is 2.30. The summed E-state index contributed by atoms with van der Waals surface area (Å²) in [6.07, 6.45) is 2.42. The van der Waals surface area contributed by atoms with Crippen molar-refractivity contribution in [2.45, 2.75) is 4.90 Å². The molecular formula is C7H8N6O3S. The van der Waals surface area contributed by atoms with Crippen molar-refractivity contribution in [2.75, 3.05) is 4.72 Å². The number of hydrogen-bond donors (Lipinski definition) is 2. The minimum Gasteiger partial charge on any atom is -0.366 e. The van der Waals surface area contributed by atoms with Crippen LogP contribution in [0.2, 0.25) is 0 Å². The second-order valence-corrected chi connectivity index (χ2v) is 4.73. The van der Waals surface area contributed by atoms with Crippen LogP contribution in [0.1, 0.15) is 0 Å². The molecule has 0 fully saturated rings. The molecule has 0 unspecified atom stereocenters. The SMILES string of the molecule is Cn1nnc(NS(=O)(=O)c2c[nH]ccc2=O)n1. The van der Waals surface area contributed by atoms with Gasteiger partial charge in [-0.15, -0.1) is 5.10 Å². The number of tetrazole rings is 1. The lowest BCUT2D eigenvalue weighted by Gasteiger charge is -2.01. The highest BCUT2D eigenvalue weighted by molar-refractivity contribution is 7.92. The van der Waals surface area contributed by atoms with E-state index in [1.807, 2.05) is 4.72 Å². The third-order valence-corrected chi connectivity index (χ3v) is 3.16. The average molecular weight is 256 g/mol. The summed E-state index contributed by atoms with van der Waals surface area (Å²) < 4.78 is 25.6. The van der Waals surface area contributed by atoms with Gasteiger partial charge in [0.2, 0.25) is 5.43 Å². The summed E-state index contributed by atoms with van der Waals surface area (Å²) in [4.78, 5) is 14.6. The molecule has 0 aliphatic carbocycles. The number of pyridine rings is 1. The fourth-order valence-corrected chi connectivity index (χ4v) is 2.10. The van der Waals surface area contributed by atoms with Crippen molar-refractivity contribution in [3.63, 3.8) is 0 Å². The van der Waals surface area contributed by atoms with Crippen LogP contribution in [0.5, 0.6) is 0 Å². The second-order valence-electron chi connectivity index (χ2n) is 3.08. The Balaban J connectivity index is 2.38. The highest BCUT2D eigenvalue weighted by atomic mass is 32.2. The number of hydrogen-bond acceptors (Lipinski definition) is 6. The maximum absolute atomic E-state index is 11.8. The molecule has 0 amide bonds. The normalized spacial score (nSPS) is 11.4. The van der Waals surface area contributed by atoms with Crippen molar-refractivity contribution in [1.82, 2.24) is 25.2 Å². The number of nitrogens with zero attached hydrogens (tertiary/aromatic N) is 4. The Hall–Kier alpha value is -2.23. The lowest BCUT2D eigenvalue weighted by Crippen LogP contribution is -2.21. The molecule has 17 heavy (non-hydrogen) atoms. The first-order valence-electron chi connectivity index (χ1n) is 4.43. The largest absolute Gasteiger partial charge is 0.366 e. The van der Waals surface area contributed by atoms with Gasteiger partial charge in [-0.3, -0.25) is 4.79 Å². The highest BCUT2D eigenvalue weighted by Gasteiger charge is 2.19. The molecule has 0 radical (unpaired) electrons. The van der Waals surface area contributed by atoms with Gasteiger partial charge < -0.3 is 4.98 Å². The van der Waals surface area contributed by atoms with E-state index in [4.69, 9.17) is 0 Å². The minimum atomic E-state index is -4.00. The number of aromatic nitrogens is 5. The topological polar surface area (TPSA) is 123 Å². The van der Waals surface area contributed by atoms with E-state index < -0.39 is 20.3 Å². The number of aromatic amines is 1. The van der Waals surface area contributed by atoms with Gasteiger partial charge in [-0.05, 0) is 5.21 Å². The predicted molar refractivity (Wildman–Crippen MR) is 56.7 cm³/mol. The Morgan fingerprint density at radius 3 is 2.82 bits per heavy atom. The first-order chi connectivity index (χ1) is 7.99. The van der Waals surface area contributed by atoms with E-state index >= 15 is 0 Å². The standard InChI is InChI=1S/C7H8N6O3S/c1-13-10-7(9-12-13)11-17(15,16)6-4-8-3-2-5(6)14/h2-4H,1H3,(H,8,14)(H,10,11). The Kier molecular flexibility index (Phi) is 2.63. The van der Waals surface area contributed by atoms with Gasteiger partial charge in [0.15, 0.2) is 4.90 Å². The van der Waals surface area contributed by atoms with Gasteiger partial charge in [0.1, 0.15) is 0 Å². The fourth-order valence-electron chi connectivity index (χ4n) is 1.11. The molecule has 10 heteroatoms. The van der Waals surface area contributed by atoms with E-state index in [1.54, 1.807) is 0 Å². The van der Waals surface area contributed by atoms with Gasteiger partial charge in [-0.1, -0.05) is 5.10 Å². The smallest absolute Gasteiger partial charge is 0.277 e. The molecule has 0 saturated heterocycles. The molecule has 2 rings (SSSR count). The van der Waals surface area contributed by atoms with E-state index in [0.29, 0.717) is 0 Å². The van der Waals surface area contributed by atoms with Gasteiger partial charge in [0, 0.05) is 18.5 Å². The van der Waals surface area contributed by atoms with E-state index in [0.717, 1.165) is 17.1 Å². The Labute approximate surface area is 95.5 Å². The Morgan fingerprint density at radius 2 is 2.24 bits per heavy atom. The monoisotopic (exact) mass is 256 g/mol. The van der Waals surface area contributed by atoms with Crippen LogP contribution in [-0.2, 0) is 17.1 Å². The molecule has 9 nitrogen and oxygen atoms in total.